The fourth-order valence-corrected chi connectivity index (χ4v) is 2.11. The van der Waals surface area contributed by atoms with Crippen molar-refractivity contribution < 1.29 is 4.74 Å². The van der Waals surface area contributed by atoms with Gasteiger partial charge < -0.3 is 10.1 Å². The van der Waals surface area contributed by atoms with E-state index in [1.807, 2.05) is 48.7 Å². The maximum atomic E-state index is 5.69. The van der Waals surface area contributed by atoms with Gasteiger partial charge in [-0.2, -0.15) is 0 Å². The number of hydrogen-bond donors (Lipinski definition) is 1. The minimum Gasteiger partial charge on any atom is -0.492 e. The Kier molecular flexibility index (Phi) is 3.68. The Balaban J connectivity index is 1.60. The van der Waals surface area contributed by atoms with Gasteiger partial charge in [-0.3, -0.25) is 4.40 Å². The van der Waals surface area contributed by atoms with Gasteiger partial charge in [-0.25, -0.2) is 4.98 Å². The minimum atomic E-state index is 0.555. The molecule has 2 aromatic heterocycles. The molecule has 0 aliphatic carbocycles. The number of aromatic nitrogens is 4. The Morgan fingerprint density at radius 1 is 1.24 bits per heavy atom. The maximum Gasteiger partial charge on any atom is 0.203 e. The van der Waals surface area contributed by atoms with Crippen LogP contribution >= 0.6 is 0 Å². The van der Waals surface area contributed by atoms with Crippen LogP contribution in [0.3, 0.4) is 0 Å². The summed E-state index contributed by atoms with van der Waals surface area (Å²) < 4.78 is 7.59. The van der Waals surface area contributed by atoms with Crippen LogP contribution in [-0.4, -0.2) is 32.7 Å². The summed E-state index contributed by atoms with van der Waals surface area (Å²) in [6.07, 6.45) is 3.58. The van der Waals surface area contributed by atoms with Crippen LogP contribution in [0.4, 0.5) is 5.82 Å². The predicted octanol–water partition coefficient (Wildman–Crippen LogP) is 2.23. The lowest BCUT2D eigenvalue weighted by molar-refractivity contribution is 0.332. The number of fused-ring (bicyclic) bond motifs is 1. The number of rotatable bonds is 5. The van der Waals surface area contributed by atoms with E-state index in [0.29, 0.717) is 19.0 Å². The molecule has 1 N–H and O–H groups in total. The van der Waals surface area contributed by atoms with Crippen molar-refractivity contribution in [2.75, 3.05) is 18.5 Å². The van der Waals surface area contributed by atoms with E-state index in [0.717, 1.165) is 17.2 Å². The Labute approximate surface area is 122 Å². The average molecular weight is 283 g/mol. The lowest BCUT2D eigenvalue weighted by atomic mass is 10.2. The molecule has 0 radical (unpaired) electrons. The molecule has 21 heavy (non-hydrogen) atoms. The highest BCUT2D eigenvalue weighted by Crippen LogP contribution is 2.13. The van der Waals surface area contributed by atoms with Crippen molar-refractivity contribution in [3.8, 4) is 5.75 Å². The van der Waals surface area contributed by atoms with Crippen LogP contribution < -0.4 is 10.1 Å². The van der Waals surface area contributed by atoms with Gasteiger partial charge in [-0.1, -0.05) is 12.1 Å². The van der Waals surface area contributed by atoms with Crippen LogP contribution in [0.5, 0.6) is 5.75 Å². The smallest absolute Gasteiger partial charge is 0.203 e. The Bertz CT molecular complexity index is 753. The molecule has 3 rings (SSSR count). The molecule has 1 aromatic carbocycles. The van der Waals surface area contributed by atoms with Crippen molar-refractivity contribution in [1.82, 2.24) is 19.6 Å². The molecule has 0 spiro atoms. The van der Waals surface area contributed by atoms with Gasteiger partial charge in [0.2, 0.25) is 5.65 Å². The third kappa shape index (κ3) is 2.94. The van der Waals surface area contributed by atoms with E-state index >= 15 is 0 Å². The fourth-order valence-electron chi connectivity index (χ4n) is 2.11. The lowest BCUT2D eigenvalue weighted by Crippen LogP contribution is -2.13. The van der Waals surface area contributed by atoms with Crippen LogP contribution in [0.1, 0.15) is 11.4 Å². The summed E-state index contributed by atoms with van der Waals surface area (Å²) in [5.41, 5.74) is 1.91. The molecule has 0 bridgehead atoms. The zero-order valence-corrected chi connectivity index (χ0v) is 12.1. The summed E-state index contributed by atoms with van der Waals surface area (Å²) >= 11 is 0. The van der Waals surface area contributed by atoms with E-state index in [1.165, 1.54) is 5.56 Å². The first-order valence-electron chi connectivity index (χ1n) is 6.84. The summed E-state index contributed by atoms with van der Waals surface area (Å²) in [5.74, 6) is 2.43. The van der Waals surface area contributed by atoms with Crippen LogP contribution in [0.15, 0.2) is 36.7 Å². The second-order valence-electron chi connectivity index (χ2n) is 4.81. The molecule has 0 saturated carbocycles. The molecule has 2 heterocycles. The van der Waals surface area contributed by atoms with Gasteiger partial charge >= 0.3 is 0 Å². The number of anilines is 1. The van der Waals surface area contributed by atoms with Crippen molar-refractivity contribution in [3.05, 3.63) is 48.0 Å². The Hall–Kier alpha value is -2.63. The predicted molar refractivity (Wildman–Crippen MR) is 80.7 cm³/mol. The van der Waals surface area contributed by atoms with E-state index in [4.69, 9.17) is 4.74 Å². The van der Waals surface area contributed by atoms with Gasteiger partial charge in [0.05, 0.1) is 6.54 Å². The molecule has 6 nitrogen and oxygen atoms in total. The minimum absolute atomic E-state index is 0.555. The molecule has 108 valence electrons. The highest BCUT2D eigenvalue weighted by molar-refractivity contribution is 5.61. The third-order valence-electron chi connectivity index (χ3n) is 3.15. The van der Waals surface area contributed by atoms with Crippen LogP contribution in [0, 0.1) is 13.8 Å². The summed E-state index contributed by atoms with van der Waals surface area (Å²) in [6, 6.07) is 8.00. The molecule has 0 saturated heterocycles. The average Bonchev–Trinajstić information content (AvgIpc) is 2.86. The maximum absolute atomic E-state index is 5.69. The first kappa shape index (κ1) is 13.4. The van der Waals surface area contributed by atoms with E-state index in [9.17, 15) is 0 Å². The molecule has 0 atom stereocenters. The normalized spacial score (nSPS) is 10.8. The molecular weight excluding hydrogens is 266 g/mol. The largest absolute Gasteiger partial charge is 0.492 e. The summed E-state index contributed by atoms with van der Waals surface area (Å²) in [6.45, 7) is 5.15. The molecule has 0 amide bonds. The number of benzene rings is 1. The van der Waals surface area contributed by atoms with Gasteiger partial charge in [0, 0.05) is 12.4 Å². The Morgan fingerprint density at radius 2 is 2.14 bits per heavy atom. The zero-order chi connectivity index (χ0) is 14.7. The van der Waals surface area contributed by atoms with Crippen LogP contribution in [0.2, 0.25) is 0 Å². The number of aryl methyl sites for hydroxylation is 2. The van der Waals surface area contributed by atoms with Crippen LogP contribution in [0.25, 0.3) is 5.65 Å². The molecule has 0 aliphatic heterocycles. The fraction of sp³-hybridized carbons (Fsp3) is 0.267. The van der Waals surface area contributed by atoms with Gasteiger partial charge in [0.15, 0.2) is 5.82 Å². The molecule has 0 fully saturated rings. The zero-order valence-electron chi connectivity index (χ0n) is 12.1. The monoisotopic (exact) mass is 283 g/mol. The number of nitrogens with zero attached hydrogens (tertiary/aromatic N) is 4. The van der Waals surface area contributed by atoms with Crippen molar-refractivity contribution in [1.29, 1.82) is 0 Å². The standard InChI is InChI=1S/C15H17N5O/c1-11-4-3-5-13(10-11)21-9-7-17-14-15-19-18-12(2)20(15)8-6-16-14/h3-6,8,10H,7,9H2,1-2H3,(H,16,17). The van der Waals surface area contributed by atoms with Gasteiger partial charge in [0.1, 0.15) is 18.2 Å². The SMILES string of the molecule is Cc1cccc(OCCNc2nccn3c(C)nnc23)c1. The number of hydrogen-bond acceptors (Lipinski definition) is 5. The van der Waals surface area contributed by atoms with Gasteiger partial charge in [0.25, 0.3) is 0 Å². The number of nitrogens with one attached hydrogen (secondary N) is 1. The number of ether oxygens (including phenoxy) is 1. The van der Waals surface area contributed by atoms with Crippen molar-refractivity contribution in [3.63, 3.8) is 0 Å². The third-order valence-corrected chi connectivity index (χ3v) is 3.15. The first-order valence-corrected chi connectivity index (χ1v) is 6.84. The van der Waals surface area contributed by atoms with Crippen molar-refractivity contribution in [2.45, 2.75) is 13.8 Å². The van der Waals surface area contributed by atoms with Crippen LogP contribution in [-0.2, 0) is 0 Å². The lowest BCUT2D eigenvalue weighted by Gasteiger charge is -2.09. The van der Waals surface area contributed by atoms with E-state index in [2.05, 4.69) is 20.5 Å². The van der Waals surface area contributed by atoms with E-state index in [1.54, 1.807) is 6.20 Å². The van der Waals surface area contributed by atoms with E-state index < -0.39 is 0 Å². The summed E-state index contributed by atoms with van der Waals surface area (Å²) in [4.78, 5) is 4.29. The van der Waals surface area contributed by atoms with Crippen molar-refractivity contribution >= 4 is 11.5 Å². The van der Waals surface area contributed by atoms with Crippen molar-refractivity contribution in [2.24, 2.45) is 0 Å². The van der Waals surface area contributed by atoms with E-state index in [-0.39, 0.29) is 0 Å². The van der Waals surface area contributed by atoms with Gasteiger partial charge in [-0.05, 0) is 31.5 Å². The van der Waals surface area contributed by atoms with Gasteiger partial charge in [-0.15, -0.1) is 10.2 Å². The quantitative estimate of drug-likeness (QED) is 0.727. The summed E-state index contributed by atoms with van der Waals surface area (Å²) in [7, 11) is 0. The highest BCUT2D eigenvalue weighted by Gasteiger charge is 2.06. The molecule has 0 unspecified atom stereocenters. The first-order chi connectivity index (χ1) is 10.2. The Morgan fingerprint density at radius 3 is 3.00 bits per heavy atom. The molecule has 3 aromatic rings. The summed E-state index contributed by atoms with van der Waals surface area (Å²) in [5, 5.41) is 11.4. The molecule has 6 heteroatoms. The second-order valence-corrected chi connectivity index (χ2v) is 4.81. The molecule has 0 aliphatic rings. The second kappa shape index (κ2) is 5.78. The molecular formula is C15H17N5O. The highest BCUT2D eigenvalue weighted by atomic mass is 16.5. The topological polar surface area (TPSA) is 64.3 Å².